The topological polar surface area (TPSA) is 96.9 Å². The fraction of sp³-hybridized carbons (Fsp3) is 0.120. The summed E-state index contributed by atoms with van der Waals surface area (Å²) in [6.45, 7) is 3.47. The van der Waals surface area contributed by atoms with Gasteiger partial charge in [0.15, 0.2) is 0 Å². The summed E-state index contributed by atoms with van der Waals surface area (Å²) in [5.41, 5.74) is 5.52. The molecule has 0 spiro atoms. The number of halogens is 1. The minimum Gasteiger partial charge on any atom is -0.422 e. The number of hydrogen-bond acceptors (Lipinski definition) is 5. The Morgan fingerprint density at radius 1 is 1.00 bits per heavy atom. The van der Waals surface area contributed by atoms with Gasteiger partial charge in [-0.1, -0.05) is 51.8 Å². The van der Waals surface area contributed by atoms with Crippen LogP contribution in [0.4, 0.5) is 0 Å². The lowest BCUT2D eigenvalue weighted by atomic mass is 10.1. The van der Waals surface area contributed by atoms with Gasteiger partial charge in [-0.25, -0.2) is 10.2 Å². The van der Waals surface area contributed by atoms with Gasteiger partial charge in [-0.2, -0.15) is 5.10 Å². The Balaban J connectivity index is 1.60. The zero-order valence-electron chi connectivity index (χ0n) is 18.1. The maximum atomic E-state index is 12.5. The lowest BCUT2D eigenvalue weighted by Crippen LogP contribution is -2.35. The molecule has 2 amide bonds. The molecule has 7 nitrogen and oxygen atoms in total. The fourth-order valence-electron chi connectivity index (χ4n) is 2.94. The third-order valence-electron chi connectivity index (χ3n) is 4.62. The number of rotatable bonds is 7. The van der Waals surface area contributed by atoms with Crippen LogP contribution in [0, 0.1) is 13.8 Å². The molecule has 0 radical (unpaired) electrons. The Morgan fingerprint density at radius 3 is 2.55 bits per heavy atom. The summed E-state index contributed by atoms with van der Waals surface area (Å²) in [6.07, 6.45) is 1.37. The van der Waals surface area contributed by atoms with Gasteiger partial charge in [0.2, 0.25) is 0 Å². The molecule has 0 unspecified atom stereocenters. The third kappa shape index (κ3) is 6.85. The van der Waals surface area contributed by atoms with Crippen LogP contribution < -0.4 is 15.5 Å². The Morgan fingerprint density at radius 2 is 1.79 bits per heavy atom. The highest BCUT2D eigenvalue weighted by molar-refractivity contribution is 9.10. The van der Waals surface area contributed by atoms with E-state index in [0.29, 0.717) is 16.7 Å². The summed E-state index contributed by atoms with van der Waals surface area (Å²) in [5.74, 6) is -1.06. The van der Waals surface area contributed by atoms with Gasteiger partial charge >= 0.3 is 5.97 Å². The van der Waals surface area contributed by atoms with Gasteiger partial charge in [-0.15, -0.1) is 0 Å². The van der Waals surface area contributed by atoms with E-state index in [-0.39, 0.29) is 18.2 Å². The smallest absolute Gasteiger partial charge is 0.343 e. The van der Waals surface area contributed by atoms with Crippen molar-refractivity contribution < 1.29 is 19.1 Å². The van der Waals surface area contributed by atoms with Crippen LogP contribution >= 0.6 is 15.9 Å². The number of nitrogens with zero attached hydrogens (tertiary/aromatic N) is 1. The first-order valence-electron chi connectivity index (χ1n) is 10.1. The average Bonchev–Trinajstić information content (AvgIpc) is 2.79. The van der Waals surface area contributed by atoms with E-state index in [1.807, 2.05) is 32.0 Å². The minimum absolute atomic E-state index is 0.238. The standard InChI is InChI=1S/C25H22BrN3O4/c1-16-6-5-8-18(12-16)25(32)33-22-11-10-20(26)13-19(22)14-28-29-23(30)15-27-24(31)21-9-4-3-7-17(21)2/h3-14H,15H2,1-2H3,(H,27,31)(H,29,30). The van der Waals surface area contributed by atoms with E-state index in [9.17, 15) is 14.4 Å². The van der Waals surface area contributed by atoms with Crippen molar-refractivity contribution in [1.82, 2.24) is 10.7 Å². The molecule has 0 aliphatic carbocycles. The van der Waals surface area contributed by atoms with Crippen LogP contribution in [-0.4, -0.2) is 30.5 Å². The molecule has 0 saturated heterocycles. The van der Waals surface area contributed by atoms with E-state index in [1.165, 1.54) is 6.21 Å². The van der Waals surface area contributed by atoms with E-state index >= 15 is 0 Å². The van der Waals surface area contributed by atoms with Crippen molar-refractivity contribution in [2.75, 3.05) is 6.54 Å². The van der Waals surface area contributed by atoms with Crippen LogP contribution in [-0.2, 0) is 4.79 Å². The highest BCUT2D eigenvalue weighted by atomic mass is 79.9. The molecule has 33 heavy (non-hydrogen) atoms. The molecule has 0 aliphatic heterocycles. The van der Waals surface area contributed by atoms with Crippen molar-refractivity contribution in [3.63, 3.8) is 0 Å². The summed E-state index contributed by atoms with van der Waals surface area (Å²) in [7, 11) is 0. The monoisotopic (exact) mass is 507 g/mol. The number of carbonyl (C=O) groups excluding carboxylic acids is 3. The number of carbonyl (C=O) groups is 3. The highest BCUT2D eigenvalue weighted by Crippen LogP contribution is 2.23. The molecular weight excluding hydrogens is 486 g/mol. The van der Waals surface area contributed by atoms with E-state index in [0.717, 1.165) is 15.6 Å². The number of benzene rings is 3. The van der Waals surface area contributed by atoms with Crippen LogP contribution in [0.3, 0.4) is 0 Å². The van der Waals surface area contributed by atoms with E-state index in [2.05, 4.69) is 31.8 Å². The zero-order chi connectivity index (χ0) is 23.8. The molecule has 3 aromatic rings. The number of esters is 1. The molecule has 0 bridgehead atoms. The first-order valence-corrected chi connectivity index (χ1v) is 10.9. The molecule has 0 fully saturated rings. The Hall–Kier alpha value is -3.78. The van der Waals surface area contributed by atoms with Gasteiger partial charge in [0.25, 0.3) is 11.8 Å². The molecule has 0 aromatic heterocycles. The number of hydrazone groups is 1. The van der Waals surface area contributed by atoms with Crippen molar-refractivity contribution in [3.05, 3.63) is 99.0 Å². The lowest BCUT2D eigenvalue weighted by Gasteiger charge is -2.09. The van der Waals surface area contributed by atoms with Gasteiger partial charge in [0, 0.05) is 15.6 Å². The van der Waals surface area contributed by atoms with Crippen molar-refractivity contribution in [3.8, 4) is 5.75 Å². The fourth-order valence-corrected chi connectivity index (χ4v) is 3.32. The van der Waals surface area contributed by atoms with Crippen LogP contribution in [0.5, 0.6) is 5.75 Å². The van der Waals surface area contributed by atoms with Gasteiger partial charge in [-0.3, -0.25) is 9.59 Å². The summed E-state index contributed by atoms with van der Waals surface area (Å²) >= 11 is 3.37. The summed E-state index contributed by atoms with van der Waals surface area (Å²) in [5, 5.41) is 6.47. The van der Waals surface area contributed by atoms with E-state index in [4.69, 9.17) is 4.74 Å². The van der Waals surface area contributed by atoms with Gasteiger partial charge in [0.05, 0.1) is 18.3 Å². The Bertz CT molecular complexity index is 1220. The molecule has 0 saturated carbocycles. The van der Waals surface area contributed by atoms with Crippen LogP contribution in [0.25, 0.3) is 0 Å². The summed E-state index contributed by atoms with van der Waals surface area (Å²) in [6, 6.07) is 19.2. The molecule has 0 aliphatic rings. The second-order valence-corrected chi connectivity index (χ2v) is 8.15. The van der Waals surface area contributed by atoms with E-state index < -0.39 is 11.9 Å². The maximum absolute atomic E-state index is 12.5. The summed E-state index contributed by atoms with van der Waals surface area (Å²) in [4.78, 5) is 36.8. The van der Waals surface area contributed by atoms with Crippen molar-refractivity contribution >= 4 is 39.9 Å². The van der Waals surface area contributed by atoms with Crippen LogP contribution in [0.15, 0.2) is 76.3 Å². The number of ether oxygens (including phenoxy) is 1. The predicted molar refractivity (Wildman–Crippen MR) is 130 cm³/mol. The second kappa shape index (κ2) is 11.2. The molecule has 2 N–H and O–H groups in total. The van der Waals surface area contributed by atoms with Crippen LogP contribution in [0.1, 0.15) is 37.4 Å². The van der Waals surface area contributed by atoms with Crippen molar-refractivity contribution in [2.24, 2.45) is 5.10 Å². The molecule has 3 rings (SSSR count). The number of amides is 2. The van der Waals surface area contributed by atoms with Gasteiger partial charge < -0.3 is 10.1 Å². The SMILES string of the molecule is Cc1cccc(C(=O)Oc2ccc(Br)cc2C=NNC(=O)CNC(=O)c2ccccc2C)c1. The lowest BCUT2D eigenvalue weighted by molar-refractivity contribution is -0.120. The first kappa shape index (κ1) is 23.9. The molecular formula is C25H22BrN3O4. The largest absolute Gasteiger partial charge is 0.422 e. The number of hydrogen-bond donors (Lipinski definition) is 2. The highest BCUT2D eigenvalue weighted by Gasteiger charge is 2.12. The van der Waals surface area contributed by atoms with Crippen molar-refractivity contribution in [2.45, 2.75) is 13.8 Å². The summed E-state index contributed by atoms with van der Waals surface area (Å²) < 4.78 is 6.26. The molecule has 0 heterocycles. The predicted octanol–water partition coefficient (Wildman–Crippen LogP) is 4.17. The molecule has 8 heteroatoms. The Kier molecular flexibility index (Phi) is 8.10. The van der Waals surface area contributed by atoms with Crippen LogP contribution in [0.2, 0.25) is 0 Å². The number of nitrogens with one attached hydrogen (secondary N) is 2. The van der Waals surface area contributed by atoms with Gasteiger partial charge in [0.1, 0.15) is 5.75 Å². The molecule has 0 atom stereocenters. The van der Waals surface area contributed by atoms with E-state index in [1.54, 1.807) is 48.5 Å². The number of aryl methyl sites for hydroxylation is 2. The van der Waals surface area contributed by atoms with Crippen molar-refractivity contribution in [1.29, 1.82) is 0 Å². The quantitative estimate of drug-likeness (QED) is 0.217. The minimum atomic E-state index is -0.501. The Labute approximate surface area is 200 Å². The first-order chi connectivity index (χ1) is 15.8. The normalized spacial score (nSPS) is 10.6. The average molecular weight is 508 g/mol. The zero-order valence-corrected chi connectivity index (χ0v) is 19.7. The maximum Gasteiger partial charge on any atom is 0.343 e. The molecule has 168 valence electrons. The molecule has 3 aromatic carbocycles. The third-order valence-corrected chi connectivity index (χ3v) is 5.11. The second-order valence-electron chi connectivity index (χ2n) is 7.23. The van der Waals surface area contributed by atoms with Gasteiger partial charge in [-0.05, 0) is 55.8 Å².